The molecule has 0 saturated carbocycles. The van der Waals surface area contributed by atoms with Crippen LogP contribution in [0, 0.1) is 6.92 Å². The highest BCUT2D eigenvalue weighted by Gasteiger charge is 2.13. The molecule has 0 aliphatic carbocycles. The van der Waals surface area contributed by atoms with Crippen molar-refractivity contribution < 1.29 is 0 Å². The number of aromatic nitrogens is 4. The van der Waals surface area contributed by atoms with Crippen molar-refractivity contribution in [2.75, 3.05) is 5.32 Å². The van der Waals surface area contributed by atoms with E-state index in [2.05, 4.69) is 51.5 Å². The molecule has 0 aliphatic heterocycles. The van der Waals surface area contributed by atoms with Gasteiger partial charge in [-0.15, -0.1) is 11.3 Å². The summed E-state index contributed by atoms with van der Waals surface area (Å²) in [4.78, 5) is 10.9. The molecule has 98 valence electrons. The van der Waals surface area contributed by atoms with Crippen LogP contribution in [0.2, 0.25) is 5.28 Å². The van der Waals surface area contributed by atoms with E-state index in [-0.39, 0.29) is 11.3 Å². The van der Waals surface area contributed by atoms with Crippen molar-refractivity contribution in [3.63, 3.8) is 0 Å². The monoisotopic (exact) mass is 293 g/mol. The van der Waals surface area contributed by atoms with Crippen LogP contribution in [0.25, 0.3) is 11.0 Å². The van der Waals surface area contributed by atoms with Gasteiger partial charge in [0.25, 0.3) is 0 Å². The van der Waals surface area contributed by atoms with E-state index in [0.29, 0.717) is 11.5 Å². The second-order valence-corrected chi connectivity index (χ2v) is 5.95. The van der Waals surface area contributed by atoms with E-state index in [4.69, 9.17) is 11.6 Å². The summed E-state index contributed by atoms with van der Waals surface area (Å²) in [5.41, 5.74) is 0.636. The zero-order valence-electron chi connectivity index (χ0n) is 10.4. The molecular formula is C12H12ClN5S. The first-order valence-corrected chi connectivity index (χ1v) is 7.02. The lowest BCUT2D eigenvalue weighted by molar-refractivity contribution is 0.898. The molecule has 0 saturated heterocycles. The summed E-state index contributed by atoms with van der Waals surface area (Å²) >= 11 is 7.67. The second-order valence-electron chi connectivity index (χ2n) is 4.29. The van der Waals surface area contributed by atoms with Crippen molar-refractivity contribution in [3.05, 3.63) is 33.4 Å². The van der Waals surface area contributed by atoms with Crippen LogP contribution < -0.4 is 5.32 Å². The Morgan fingerprint density at radius 2 is 2.21 bits per heavy atom. The van der Waals surface area contributed by atoms with Crippen molar-refractivity contribution in [1.82, 2.24) is 20.2 Å². The maximum Gasteiger partial charge on any atom is 0.226 e. The molecule has 5 nitrogen and oxygen atoms in total. The molecule has 19 heavy (non-hydrogen) atoms. The smallest absolute Gasteiger partial charge is 0.226 e. The highest BCUT2D eigenvalue weighted by molar-refractivity contribution is 7.12. The van der Waals surface area contributed by atoms with Crippen LogP contribution in [0.4, 0.5) is 5.82 Å². The van der Waals surface area contributed by atoms with Crippen LogP contribution in [0.5, 0.6) is 0 Å². The van der Waals surface area contributed by atoms with E-state index in [0.717, 1.165) is 5.39 Å². The second kappa shape index (κ2) is 4.79. The molecule has 2 N–H and O–H groups in total. The van der Waals surface area contributed by atoms with E-state index in [1.807, 2.05) is 0 Å². The summed E-state index contributed by atoms with van der Waals surface area (Å²) in [7, 11) is 0. The van der Waals surface area contributed by atoms with Gasteiger partial charge in [-0.2, -0.15) is 15.1 Å². The molecule has 3 heterocycles. The van der Waals surface area contributed by atoms with Crippen LogP contribution in [0.15, 0.2) is 18.3 Å². The van der Waals surface area contributed by atoms with Gasteiger partial charge in [0, 0.05) is 9.75 Å². The fourth-order valence-corrected chi connectivity index (χ4v) is 2.93. The maximum absolute atomic E-state index is 5.91. The summed E-state index contributed by atoms with van der Waals surface area (Å²) in [6.45, 7) is 4.18. The Morgan fingerprint density at radius 1 is 1.37 bits per heavy atom. The van der Waals surface area contributed by atoms with Crippen LogP contribution in [-0.2, 0) is 0 Å². The zero-order valence-corrected chi connectivity index (χ0v) is 12.0. The minimum absolute atomic E-state index is 0.155. The standard InChI is InChI=1S/C12H12ClN5S/c1-6-3-4-9(19-6)7(2)15-10-8-5-14-18-11(8)17-12(13)16-10/h3-5,7H,1-2H3,(H2,14,15,16,17,18). The molecular weight excluding hydrogens is 282 g/mol. The van der Waals surface area contributed by atoms with E-state index >= 15 is 0 Å². The number of H-pyrrole nitrogens is 1. The number of nitrogens with one attached hydrogen (secondary N) is 2. The van der Waals surface area contributed by atoms with Gasteiger partial charge in [-0.25, -0.2) is 0 Å². The molecule has 3 aromatic heterocycles. The van der Waals surface area contributed by atoms with Crippen molar-refractivity contribution in [3.8, 4) is 0 Å². The SMILES string of the molecule is Cc1ccc(C(C)Nc2nc(Cl)nc3[nH]ncc23)s1. The van der Waals surface area contributed by atoms with Gasteiger partial charge < -0.3 is 5.32 Å². The topological polar surface area (TPSA) is 66.5 Å². The van der Waals surface area contributed by atoms with E-state index in [1.165, 1.54) is 9.75 Å². The highest BCUT2D eigenvalue weighted by atomic mass is 35.5. The zero-order chi connectivity index (χ0) is 13.4. The summed E-state index contributed by atoms with van der Waals surface area (Å²) in [5, 5.41) is 11.2. The van der Waals surface area contributed by atoms with Gasteiger partial charge in [0.1, 0.15) is 5.82 Å². The fraction of sp³-hybridized carbons (Fsp3) is 0.250. The lowest BCUT2D eigenvalue weighted by atomic mass is 10.2. The summed E-state index contributed by atoms with van der Waals surface area (Å²) in [6.07, 6.45) is 1.69. The maximum atomic E-state index is 5.91. The van der Waals surface area contributed by atoms with E-state index in [1.54, 1.807) is 17.5 Å². The van der Waals surface area contributed by atoms with Crippen LogP contribution >= 0.6 is 22.9 Å². The summed E-state index contributed by atoms with van der Waals surface area (Å²) in [5.74, 6) is 0.697. The minimum Gasteiger partial charge on any atom is -0.362 e. The first-order chi connectivity index (χ1) is 9.13. The number of fused-ring (bicyclic) bond motifs is 1. The number of hydrogen-bond donors (Lipinski definition) is 2. The Kier molecular flexibility index (Phi) is 3.12. The predicted molar refractivity (Wildman–Crippen MR) is 77.8 cm³/mol. The number of nitrogens with zero attached hydrogens (tertiary/aromatic N) is 3. The number of aryl methyl sites for hydroxylation is 1. The third-order valence-corrected chi connectivity index (χ3v) is 4.18. The van der Waals surface area contributed by atoms with Crippen LogP contribution in [-0.4, -0.2) is 20.2 Å². The molecule has 0 bridgehead atoms. The molecule has 0 aromatic carbocycles. The Labute approximate surface area is 119 Å². The lowest BCUT2D eigenvalue weighted by Crippen LogP contribution is -2.07. The van der Waals surface area contributed by atoms with Gasteiger partial charge in [-0.05, 0) is 37.6 Å². The van der Waals surface area contributed by atoms with E-state index in [9.17, 15) is 0 Å². The number of thiophene rings is 1. The molecule has 0 amide bonds. The fourth-order valence-electron chi connectivity index (χ4n) is 1.88. The minimum atomic E-state index is 0.155. The predicted octanol–water partition coefficient (Wildman–Crippen LogP) is 3.55. The molecule has 1 atom stereocenters. The molecule has 1 unspecified atom stereocenters. The van der Waals surface area contributed by atoms with E-state index < -0.39 is 0 Å². The molecule has 3 aromatic rings. The Morgan fingerprint density at radius 3 is 2.95 bits per heavy atom. The van der Waals surface area contributed by atoms with Gasteiger partial charge in [0.15, 0.2) is 5.65 Å². The average Bonchev–Trinajstić information content (AvgIpc) is 2.97. The van der Waals surface area contributed by atoms with Gasteiger partial charge in [-0.3, -0.25) is 5.10 Å². The van der Waals surface area contributed by atoms with Gasteiger partial charge in [0.05, 0.1) is 17.6 Å². The van der Waals surface area contributed by atoms with Gasteiger partial charge >= 0.3 is 0 Å². The number of anilines is 1. The average molecular weight is 294 g/mol. The van der Waals surface area contributed by atoms with Gasteiger partial charge in [-0.1, -0.05) is 0 Å². The Hall–Kier alpha value is -1.66. The first-order valence-electron chi connectivity index (χ1n) is 5.83. The summed E-state index contributed by atoms with van der Waals surface area (Å²) in [6, 6.07) is 4.38. The van der Waals surface area contributed by atoms with Crippen molar-refractivity contribution in [2.24, 2.45) is 0 Å². The van der Waals surface area contributed by atoms with Gasteiger partial charge in [0.2, 0.25) is 5.28 Å². The number of rotatable bonds is 3. The molecule has 3 rings (SSSR count). The number of halogens is 1. The van der Waals surface area contributed by atoms with Crippen LogP contribution in [0.3, 0.4) is 0 Å². The molecule has 7 heteroatoms. The highest BCUT2D eigenvalue weighted by Crippen LogP contribution is 2.28. The lowest BCUT2D eigenvalue weighted by Gasteiger charge is -2.13. The third-order valence-electron chi connectivity index (χ3n) is 2.82. The largest absolute Gasteiger partial charge is 0.362 e. The third kappa shape index (κ3) is 2.41. The quantitative estimate of drug-likeness (QED) is 0.725. The summed E-state index contributed by atoms with van der Waals surface area (Å²) < 4.78 is 0. The molecule has 0 spiro atoms. The van der Waals surface area contributed by atoms with Crippen molar-refractivity contribution >= 4 is 39.8 Å². The van der Waals surface area contributed by atoms with Crippen LogP contribution in [0.1, 0.15) is 22.7 Å². The Balaban J connectivity index is 1.94. The van der Waals surface area contributed by atoms with Crippen molar-refractivity contribution in [2.45, 2.75) is 19.9 Å². The molecule has 0 aliphatic rings. The normalized spacial score (nSPS) is 12.8. The number of aromatic amines is 1. The number of hydrogen-bond acceptors (Lipinski definition) is 5. The first kappa shape index (κ1) is 12.4. The Bertz CT molecular complexity index is 720. The molecule has 0 fully saturated rings. The molecule has 0 radical (unpaired) electrons. The van der Waals surface area contributed by atoms with Crippen molar-refractivity contribution in [1.29, 1.82) is 0 Å².